The Hall–Kier alpha value is -1.15. The maximum atomic E-state index is 11.7. The molecule has 0 aromatic rings. The first kappa shape index (κ1) is 11.0. The highest BCUT2D eigenvalue weighted by molar-refractivity contribution is 6.36. The molecule has 0 N–H and O–H groups in total. The minimum Gasteiger partial charge on any atom is -0.460 e. The van der Waals surface area contributed by atoms with Crippen LogP contribution in [0.4, 0.5) is 0 Å². The van der Waals surface area contributed by atoms with Gasteiger partial charge in [-0.2, -0.15) is 4.79 Å². The summed E-state index contributed by atoms with van der Waals surface area (Å²) in [7, 11) is 1.36. The van der Waals surface area contributed by atoms with E-state index in [9.17, 15) is 10.3 Å². The Morgan fingerprint density at radius 1 is 1.18 bits per heavy atom. The standard InChI is InChI=1S/C13H18N2O2/c1-17-12(16)11(15-14)13-5-8-2-9(6-13)4-10(3-8)7-13/h8-10H,2-7H2,1H3. The molecule has 0 aliphatic heterocycles. The lowest BCUT2D eigenvalue weighted by Gasteiger charge is -2.54. The molecule has 0 spiro atoms. The topological polar surface area (TPSA) is 62.7 Å². The van der Waals surface area contributed by atoms with Gasteiger partial charge in [0.15, 0.2) is 0 Å². The lowest BCUT2D eigenvalue weighted by atomic mass is 9.48. The van der Waals surface area contributed by atoms with Crippen LogP contribution >= 0.6 is 0 Å². The lowest BCUT2D eigenvalue weighted by Crippen LogP contribution is -2.52. The van der Waals surface area contributed by atoms with Crippen molar-refractivity contribution < 1.29 is 14.3 Å². The number of rotatable bonds is 2. The van der Waals surface area contributed by atoms with Gasteiger partial charge in [0.2, 0.25) is 0 Å². The molecular weight excluding hydrogens is 216 g/mol. The summed E-state index contributed by atoms with van der Waals surface area (Å²) in [4.78, 5) is 15.0. The first-order valence-corrected chi connectivity index (χ1v) is 6.47. The van der Waals surface area contributed by atoms with Gasteiger partial charge in [-0.15, -0.1) is 0 Å². The maximum Gasteiger partial charge on any atom is 0.417 e. The molecule has 0 aromatic carbocycles. The summed E-state index contributed by atoms with van der Waals surface area (Å²) >= 11 is 0. The predicted molar refractivity (Wildman–Crippen MR) is 61.2 cm³/mol. The second kappa shape index (κ2) is 3.67. The molecule has 4 bridgehead atoms. The Kier molecular flexibility index (Phi) is 2.37. The first-order valence-electron chi connectivity index (χ1n) is 6.47. The smallest absolute Gasteiger partial charge is 0.417 e. The van der Waals surface area contributed by atoms with Crippen molar-refractivity contribution in [2.75, 3.05) is 7.11 Å². The van der Waals surface area contributed by atoms with Crippen LogP contribution in [0, 0.1) is 23.2 Å². The average molecular weight is 234 g/mol. The summed E-state index contributed by atoms with van der Waals surface area (Å²) in [6.07, 6.45) is 6.94. The van der Waals surface area contributed by atoms with Crippen molar-refractivity contribution in [1.82, 2.24) is 0 Å². The number of carbonyl (C=O) groups is 1. The van der Waals surface area contributed by atoms with Crippen LogP contribution in [0.5, 0.6) is 0 Å². The van der Waals surface area contributed by atoms with Crippen LogP contribution in [0.1, 0.15) is 38.5 Å². The highest BCUT2D eigenvalue weighted by Crippen LogP contribution is 2.60. The number of hydrogen-bond acceptors (Lipinski definition) is 2. The highest BCUT2D eigenvalue weighted by atomic mass is 16.5. The van der Waals surface area contributed by atoms with Gasteiger partial charge in [0.05, 0.1) is 12.5 Å². The van der Waals surface area contributed by atoms with E-state index in [-0.39, 0.29) is 11.1 Å². The third-order valence-electron chi connectivity index (χ3n) is 5.02. The molecule has 4 rings (SSSR count). The van der Waals surface area contributed by atoms with E-state index >= 15 is 0 Å². The van der Waals surface area contributed by atoms with Crippen molar-refractivity contribution in [2.24, 2.45) is 23.2 Å². The zero-order valence-corrected chi connectivity index (χ0v) is 10.2. The molecule has 0 heterocycles. The van der Waals surface area contributed by atoms with Gasteiger partial charge in [0, 0.05) is 0 Å². The van der Waals surface area contributed by atoms with Gasteiger partial charge in [-0.3, -0.25) is 0 Å². The molecule has 92 valence electrons. The van der Waals surface area contributed by atoms with Crippen molar-refractivity contribution in [3.63, 3.8) is 0 Å². The molecule has 4 heteroatoms. The van der Waals surface area contributed by atoms with E-state index in [1.165, 1.54) is 26.4 Å². The minimum atomic E-state index is -0.450. The molecule has 4 aliphatic rings. The van der Waals surface area contributed by atoms with Gasteiger partial charge in [-0.25, -0.2) is 4.79 Å². The van der Waals surface area contributed by atoms with E-state index in [2.05, 4.69) is 4.79 Å². The van der Waals surface area contributed by atoms with Crippen LogP contribution in [0.3, 0.4) is 0 Å². The van der Waals surface area contributed by atoms with Gasteiger partial charge in [0.1, 0.15) is 0 Å². The van der Waals surface area contributed by atoms with Gasteiger partial charge >= 0.3 is 11.7 Å². The molecule has 0 unspecified atom stereocenters. The molecular formula is C13H18N2O2. The third-order valence-corrected chi connectivity index (χ3v) is 5.02. The van der Waals surface area contributed by atoms with Gasteiger partial charge in [-0.05, 0) is 56.3 Å². The van der Waals surface area contributed by atoms with Gasteiger partial charge in [0.25, 0.3) is 0 Å². The molecule has 0 radical (unpaired) electrons. The van der Waals surface area contributed by atoms with Crippen molar-refractivity contribution in [3.8, 4) is 0 Å². The van der Waals surface area contributed by atoms with E-state index in [4.69, 9.17) is 4.74 Å². The first-order chi connectivity index (χ1) is 8.16. The highest BCUT2D eigenvalue weighted by Gasteiger charge is 2.59. The number of nitrogens with zero attached hydrogens (tertiary/aromatic N) is 2. The molecule has 4 saturated carbocycles. The van der Waals surface area contributed by atoms with Crippen molar-refractivity contribution in [3.05, 3.63) is 5.53 Å². The average Bonchev–Trinajstić information content (AvgIpc) is 2.27. The second-order valence-corrected chi connectivity index (χ2v) is 6.14. The van der Waals surface area contributed by atoms with Crippen LogP contribution in [0.25, 0.3) is 5.53 Å². The Morgan fingerprint density at radius 3 is 2.00 bits per heavy atom. The summed E-state index contributed by atoms with van der Waals surface area (Å²) in [6.45, 7) is 0. The monoisotopic (exact) mass is 234 g/mol. The summed E-state index contributed by atoms with van der Waals surface area (Å²) in [6, 6.07) is 0. The summed E-state index contributed by atoms with van der Waals surface area (Å²) in [5.74, 6) is 1.72. The van der Waals surface area contributed by atoms with E-state index in [1.807, 2.05) is 0 Å². The minimum absolute atomic E-state index is 0.184. The van der Waals surface area contributed by atoms with Crippen LogP contribution in [0.15, 0.2) is 0 Å². The van der Waals surface area contributed by atoms with Crippen LogP contribution in [-0.4, -0.2) is 23.6 Å². The molecule has 4 aliphatic carbocycles. The molecule has 0 atom stereocenters. The van der Waals surface area contributed by atoms with Crippen LogP contribution in [-0.2, 0) is 9.53 Å². The maximum absolute atomic E-state index is 11.7. The van der Waals surface area contributed by atoms with E-state index in [0.29, 0.717) is 0 Å². The normalized spacial score (nSPS) is 42.1. The van der Waals surface area contributed by atoms with E-state index in [1.54, 1.807) is 0 Å². The van der Waals surface area contributed by atoms with Crippen molar-refractivity contribution in [1.29, 1.82) is 0 Å². The Bertz CT molecular complexity index is 374. The van der Waals surface area contributed by atoms with Gasteiger partial charge in [-0.1, -0.05) is 0 Å². The molecule has 0 amide bonds. The number of esters is 1. The Morgan fingerprint density at radius 2 is 1.65 bits per heavy atom. The van der Waals surface area contributed by atoms with Crippen LogP contribution in [0.2, 0.25) is 0 Å². The van der Waals surface area contributed by atoms with Crippen molar-refractivity contribution >= 4 is 11.7 Å². The zero-order valence-electron chi connectivity index (χ0n) is 10.2. The number of hydrogen-bond donors (Lipinski definition) is 0. The SMILES string of the molecule is COC(=O)C(=[N+]=[N-])C12CC3CC(CC(C3)C1)C2. The summed E-state index contributed by atoms with van der Waals surface area (Å²) in [5, 5.41) is 0. The quantitative estimate of drug-likeness (QED) is 0.318. The second-order valence-electron chi connectivity index (χ2n) is 6.14. The molecule has 17 heavy (non-hydrogen) atoms. The zero-order chi connectivity index (χ0) is 12.0. The Labute approximate surface area is 101 Å². The summed E-state index contributed by atoms with van der Waals surface area (Å²) in [5.41, 5.74) is 9.27. The van der Waals surface area contributed by atoms with Crippen molar-refractivity contribution in [2.45, 2.75) is 38.5 Å². The predicted octanol–water partition coefficient (Wildman–Crippen LogP) is 2.05. The molecule has 4 fully saturated rings. The number of ether oxygens (including phenoxy) is 1. The molecule has 0 saturated heterocycles. The lowest BCUT2D eigenvalue weighted by molar-refractivity contribution is -0.142. The largest absolute Gasteiger partial charge is 0.460 e. The number of carbonyl (C=O) groups excluding carboxylic acids is 1. The third kappa shape index (κ3) is 1.54. The molecule has 0 aromatic heterocycles. The van der Waals surface area contributed by atoms with Crippen LogP contribution < -0.4 is 0 Å². The van der Waals surface area contributed by atoms with E-state index < -0.39 is 5.97 Å². The fraction of sp³-hybridized carbons (Fsp3) is 0.846. The van der Waals surface area contributed by atoms with Gasteiger partial charge < -0.3 is 10.3 Å². The number of methoxy groups -OCH3 is 1. The Balaban J connectivity index is 1.96. The summed E-state index contributed by atoms with van der Waals surface area (Å²) < 4.78 is 4.76. The fourth-order valence-electron chi connectivity index (χ4n) is 4.86. The van der Waals surface area contributed by atoms with E-state index in [0.717, 1.165) is 37.0 Å². The fourth-order valence-corrected chi connectivity index (χ4v) is 4.86. The molecule has 4 nitrogen and oxygen atoms in total.